The van der Waals surface area contributed by atoms with Crippen LogP contribution in [0.25, 0.3) is 5.52 Å². The van der Waals surface area contributed by atoms with Gasteiger partial charge in [-0.15, -0.1) is 0 Å². The maximum atomic E-state index is 14.8. The van der Waals surface area contributed by atoms with Gasteiger partial charge in [0, 0.05) is 12.2 Å². The van der Waals surface area contributed by atoms with Gasteiger partial charge in [-0.05, 0) is 31.5 Å². The van der Waals surface area contributed by atoms with E-state index in [2.05, 4.69) is 17.0 Å². The molecule has 4 rings (SSSR count). The van der Waals surface area contributed by atoms with Crippen molar-refractivity contribution in [3.8, 4) is 6.07 Å². The average Bonchev–Trinajstić information content (AvgIpc) is 3.73. The number of aliphatic hydroxyl groups is 2. The second kappa shape index (κ2) is 24.1. The summed E-state index contributed by atoms with van der Waals surface area (Å²) in [5.41, 5.74) is 5.17. The smallest absolute Gasteiger partial charge is 0.387 e. The second-order valence-electron chi connectivity index (χ2n) is 15.2. The summed E-state index contributed by atoms with van der Waals surface area (Å²) in [6.45, 7) is 2.81. The van der Waals surface area contributed by atoms with E-state index in [0.717, 1.165) is 19.3 Å². The molecule has 0 bridgehead atoms. The van der Waals surface area contributed by atoms with Crippen LogP contribution in [0, 0.1) is 17.1 Å². The summed E-state index contributed by atoms with van der Waals surface area (Å²) >= 11 is 0. The maximum absolute atomic E-state index is 14.8. The number of aliphatic hydroxyl groups excluding tert-OH is 2. The van der Waals surface area contributed by atoms with Crippen LogP contribution in [0.2, 0.25) is 0 Å². The standard InChI is InChI=1S/C41H63FN5O9P/c1-3-4-5-6-7-8-9-10-11-12-13-14-15-16-17-18-24-52-27-33(53-26-32-21-19-20-31(25-43)36(32)42)28-54-57(50,51)55-29-41(2)39(49)37(48)38(56-41)34-22-23-35-40(44)45-30-46-47(34)35/h19-23,30,33,37-39,48-49H,3-18,24,26-29H2,1-2H3,(H,50,51)(H2,44,45,46)/t33-,37+,38+,39+,41-/m1/s1. The first kappa shape index (κ1) is 46.7. The molecular formula is C41H63FN5O9P. The van der Waals surface area contributed by atoms with Gasteiger partial charge in [0.05, 0.1) is 37.7 Å². The molecule has 16 heteroatoms. The molecule has 318 valence electrons. The lowest BCUT2D eigenvalue weighted by molar-refractivity contribution is -0.102. The van der Waals surface area contributed by atoms with Crippen LogP contribution in [0.15, 0.2) is 36.7 Å². The summed E-state index contributed by atoms with van der Waals surface area (Å²) in [5, 5.41) is 35.2. The minimum atomic E-state index is -4.78. The maximum Gasteiger partial charge on any atom is 0.472 e. The van der Waals surface area contributed by atoms with Crippen molar-refractivity contribution in [2.24, 2.45) is 0 Å². The normalized spacial score (nSPS) is 21.2. The van der Waals surface area contributed by atoms with Crippen molar-refractivity contribution in [3.63, 3.8) is 0 Å². The van der Waals surface area contributed by atoms with Crippen LogP contribution in [0.4, 0.5) is 10.2 Å². The SMILES string of the molecule is CCCCCCCCCCCCCCCCCCOC[C@H](COP(=O)(O)OC[C@@]1(C)O[C@@H](c2ccc3c(N)ncnn23)[C@H](O)[C@@H]1O)OCc1cccc(C#N)c1F. The number of phosphoric ester groups is 1. The van der Waals surface area contributed by atoms with Crippen LogP contribution in [0.5, 0.6) is 0 Å². The molecule has 0 spiro atoms. The quantitative estimate of drug-likeness (QED) is 0.0389. The molecule has 2 aromatic heterocycles. The first-order valence-electron chi connectivity index (χ1n) is 20.6. The largest absolute Gasteiger partial charge is 0.472 e. The average molecular weight is 820 g/mol. The van der Waals surface area contributed by atoms with Gasteiger partial charge in [-0.25, -0.2) is 18.5 Å². The van der Waals surface area contributed by atoms with E-state index in [1.807, 2.05) is 0 Å². The number of benzene rings is 1. The first-order chi connectivity index (χ1) is 27.5. The lowest BCUT2D eigenvalue weighted by Gasteiger charge is -2.28. The van der Waals surface area contributed by atoms with Gasteiger partial charge in [0.1, 0.15) is 53.7 Å². The predicted octanol–water partition coefficient (Wildman–Crippen LogP) is 7.87. The Kier molecular flexibility index (Phi) is 19.8. The molecule has 3 heterocycles. The van der Waals surface area contributed by atoms with Gasteiger partial charge >= 0.3 is 7.82 Å². The van der Waals surface area contributed by atoms with Crippen LogP contribution in [0.1, 0.15) is 140 Å². The number of aromatic nitrogens is 3. The summed E-state index contributed by atoms with van der Waals surface area (Å²) < 4.78 is 57.5. The Morgan fingerprint density at radius 2 is 1.60 bits per heavy atom. The third-order valence-corrected chi connectivity index (χ3v) is 11.4. The van der Waals surface area contributed by atoms with E-state index in [4.69, 9.17) is 29.0 Å². The Morgan fingerprint density at radius 3 is 2.23 bits per heavy atom. The second-order valence-corrected chi connectivity index (χ2v) is 16.7. The lowest BCUT2D eigenvalue weighted by Crippen LogP contribution is -2.44. The van der Waals surface area contributed by atoms with Crippen LogP contribution in [-0.4, -0.2) is 80.0 Å². The van der Waals surface area contributed by atoms with Crippen molar-refractivity contribution in [3.05, 3.63) is 59.3 Å². The Labute approximate surface area is 336 Å². The number of hydrogen-bond donors (Lipinski definition) is 4. The number of phosphoric acid groups is 1. The molecule has 1 aromatic carbocycles. The third kappa shape index (κ3) is 14.6. The number of nitriles is 1. The van der Waals surface area contributed by atoms with Crippen LogP contribution in [-0.2, 0) is 34.4 Å². The highest BCUT2D eigenvalue weighted by molar-refractivity contribution is 7.47. The molecule has 1 aliphatic heterocycles. The zero-order chi connectivity index (χ0) is 41.1. The van der Waals surface area contributed by atoms with E-state index in [9.17, 15) is 29.3 Å². The predicted molar refractivity (Wildman–Crippen MR) is 213 cm³/mol. The fraction of sp³-hybridized carbons (Fsp3) is 0.683. The number of nitrogens with two attached hydrogens (primary N) is 1. The summed E-state index contributed by atoms with van der Waals surface area (Å²) in [4.78, 5) is 14.6. The Balaban J connectivity index is 1.19. The highest BCUT2D eigenvalue weighted by Gasteiger charge is 2.53. The number of hydrogen-bond acceptors (Lipinski definition) is 12. The topological polar surface area (TPSA) is 204 Å². The number of nitrogens with zero attached hydrogens (tertiary/aromatic N) is 4. The van der Waals surface area contributed by atoms with E-state index in [1.165, 1.54) is 113 Å². The minimum Gasteiger partial charge on any atom is -0.387 e. The van der Waals surface area contributed by atoms with Crippen molar-refractivity contribution >= 4 is 19.2 Å². The fourth-order valence-corrected chi connectivity index (χ4v) is 7.87. The van der Waals surface area contributed by atoms with E-state index in [-0.39, 0.29) is 30.2 Å². The minimum absolute atomic E-state index is 0.00888. The first-order valence-corrected chi connectivity index (χ1v) is 22.1. The number of ether oxygens (including phenoxy) is 3. The Hall–Kier alpha value is -3.03. The molecule has 1 aliphatic rings. The van der Waals surface area contributed by atoms with Gasteiger partial charge in [0.15, 0.2) is 5.82 Å². The van der Waals surface area contributed by atoms with Gasteiger partial charge in [-0.2, -0.15) is 10.4 Å². The van der Waals surface area contributed by atoms with Crippen molar-refractivity contribution in [1.82, 2.24) is 14.6 Å². The van der Waals surface area contributed by atoms with Crippen molar-refractivity contribution in [2.45, 2.75) is 153 Å². The lowest BCUT2D eigenvalue weighted by atomic mass is 9.97. The zero-order valence-corrected chi connectivity index (χ0v) is 34.5. The molecule has 5 N–H and O–H groups in total. The van der Waals surface area contributed by atoms with E-state index < -0.39 is 56.9 Å². The van der Waals surface area contributed by atoms with E-state index in [1.54, 1.807) is 24.3 Å². The van der Waals surface area contributed by atoms with Crippen molar-refractivity contribution in [2.75, 3.05) is 32.2 Å². The van der Waals surface area contributed by atoms with Gasteiger partial charge in [0.2, 0.25) is 0 Å². The summed E-state index contributed by atoms with van der Waals surface area (Å²) in [6, 6.07) is 9.46. The molecule has 1 fully saturated rings. The van der Waals surface area contributed by atoms with Crippen LogP contribution < -0.4 is 5.73 Å². The summed E-state index contributed by atoms with van der Waals surface area (Å²) in [5.74, 6) is -0.500. The van der Waals surface area contributed by atoms with Crippen molar-refractivity contribution in [1.29, 1.82) is 5.26 Å². The third-order valence-electron chi connectivity index (χ3n) is 10.5. The van der Waals surface area contributed by atoms with Gasteiger partial charge < -0.3 is 35.1 Å². The molecule has 1 saturated heterocycles. The Morgan fingerprint density at radius 1 is 0.965 bits per heavy atom. The van der Waals surface area contributed by atoms with Crippen LogP contribution >= 0.6 is 7.82 Å². The molecule has 0 radical (unpaired) electrons. The van der Waals surface area contributed by atoms with Crippen LogP contribution in [0.3, 0.4) is 0 Å². The number of unbranched alkanes of at least 4 members (excludes halogenated alkanes) is 15. The highest BCUT2D eigenvalue weighted by Crippen LogP contribution is 2.47. The molecule has 0 saturated carbocycles. The molecule has 3 aromatic rings. The molecular weight excluding hydrogens is 756 g/mol. The molecule has 6 atom stereocenters. The molecule has 1 unspecified atom stereocenters. The number of fused-ring (bicyclic) bond motifs is 1. The molecule has 14 nitrogen and oxygen atoms in total. The molecule has 0 aliphatic carbocycles. The van der Waals surface area contributed by atoms with Crippen molar-refractivity contribution < 1.29 is 47.3 Å². The Bertz CT molecular complexity index is 1730. The van der Waals surface area contributed by atoms with Gasteiger partial charge in [-0.3, -0.25) is 9.05 Å². The molecule has 57 heavy (non-hydrogen) atoms. The van der Waals surface area contributed by atoms with Gasteiger partial charge in [-0.1, -0.05) is 115 Å². The summed E-state index contributed by atoms with van der Waals surface area (Å²) in [6.07, 6.45) is 16.5. The zero-order valence-electron chi connectivity index (χ0n) is 33.6. The number of rotatable bonds is 29. The monoisotopic (exact) mass is 819 g/mol. The number of anilines is 1. The fourth-order valence-electron chi connectivity index (χ4n) is 7.02. The van der Waals surface area contributed by atoms with E-state index in [0.29, 0.717) is 17.8 Å². The number of nitrogen functional groups attached to an aromatic ring is 1. The molecule has 0 amide bonds. The highest BCUT2D eigenvalue weighted by atomic mass is 31.2. The van der Waals surface area contributed by atoms with Gasteiger partial charge in [0.25, 0.3) is 0 Å². The van der Waals surface area contributed by atoms with E-state index >= 15 is 0 Å². The summed E-state index contributed by atoms with van der Waals surface area (Å²) in [7, 11) is -4.78. The number of halogens is 1.